The largest absolute Gasteiger partial charge is 0.480 e. The molecule has 0 amide bonds. The van der Waals surface area contributed by atoms with Crippen LogP contribution in [0.2, 0.25) is 0 Å². The summed E-state index contributed by atoms with van der Waals surface area (Å²) in [7, 11) is 0. The van der Waals surface area contributed by atoms with E-state index in [0.29, 0.717) is 25.2 Å². The Kier molecular flexibility index (Phi) is 9.62. The third kappa shape index (κ3) is 6.35. The molecule has 0 spiro atoms. The Hall–Kier alpha value is -1.80. The number of hydrogen-bond donors (Lipinski definition) is 1. The summed E-state index contributed by atoms with van der Waals surface area (Å²) in [5, 5.41) is 9.06. The number of piperazine rings is 1. The summed E-state index contributed by atoms with van der Waals surface area (Å²) in [4.78, 5) is 15.1. The molecule has 4 nitrogen and oxygen atoms in total. The van der Waals surface area contributed by atoms with Gasteiger partial charge in [0.25, 0.3) is 0 Å². The van der Waals surface area contributed by atoms with E-state index in [1.807, 2.05) is 42.2 Å². The Morgan fingerprint density at radius 3 is 2.27 bits per heavy atom. The Morgan fingerprint density at radius 1 is 1.07 bits per heavy atom. The van der Waals surface area contributed by atoms with Gasteiger partial charge in [-0.1, -0.05) is 42.5 Å². The van der Waals surface area contributed by atoms with Crippen molar-refractivity contribution in [2.45, 2.75) is 25.2 Å². The number of nitrogens with zero attached hydrogens (tertiary/aromatic N) is 2. The number of carboxylic acids is 1. The molecule has 30 heavy (non-hydrogen) atoms. The van der Waals surface area contributed by atoms with Crippen LogP contribution in [0.5, 0.6) is 0 Å². The van der Waals surface area contributed by atoms with E-state index >= 15 is 0 Å². The number of benzene rings is 2. The minimum atomic E-state index is -4.40. The van der Waals surface area contributed by atoms with Crippen LogP contribution in [-0.2, 0) is 11.0 Å². The molecule has 1 heterocycles. The minimum Gasteiger partial charge on any atom is -0.480 e. The molecule has 1 fully saturated rings. The maximum atomic E-state index is 13.2. The second-order valence-electron chi connectivity index (χ2n) is 7.14. The zero-order valence-electron chi connectivity index (χ0n) is 16.4. The fourth-order valence-corrected chi connectivity index (χ4v) is 3.80. The van der Waals surface area contributed by atoms with E-state index < -0.39 is 17.7 Å². The van der Waals surface area contributed by atoms with Gasteiger partial charge in [-0.15, -0.1) is 24.8 Å². The maximum absolute atomic E-state index is 13.2. The minimum absolute atomic E-state index is 0. The zero-order chi connectivity index (χ0) is 20.3. The molecule has 1 aliphatic rings. The lowest BCUT2D eigenvalue weighted by Crippen LogP contribution is -2.54. The van der Waals surface area contributed by atoms with E-state index in [0.717, 1.165) is 11.6 Å². The first kappa shape index (κ1) is 26.2. The van der Waals surface area contributed by atoms with E-state index in [-0.39, 0.29) is 43.4 Å². The summed E-state index contributed by atoms with van der Waals surface area (Å²) in [6, 6.07) is 14.6. The van der Waals surface area contributed by atoms with E-state index in [2.05, 4.69) is 4.90 Å². The average Bonchev–Trinajstić information content (AvgIpc) is 2.64. The fourth-order valence-electron chi connectivity index (χ4n) is 3.80. The quantitative estimate of drug-likeness (QED) is 0.694. The molecule has 0 bridgehead atoms. The van der Waals surface area contributed by atoms with Crippen molar-refractivity contribution in [3.63, 3.8) is 0 Å². The lowest BCUT2D eigenvalue weighted by atomic mass is 9.94. The number of hydrogen-bond acceptors (Lipinski definition) is 3. The summed E-state index contributed by atoms with van der Waals surface area (Å²) in [6.45, 7) is 3.62. The van der Waals surface area contributed by atoms with Crippen LogP contribution in [0, 0.1) is 0 Å². The van der Waals surface area contributed by atoms with Gasteiger partial charge in [-0.3, -0.25) is 14.6 Å². The van der Waals surface area contributed by atoms with Crippen molar-refractivity contribution in [1.29, 1.82) is 0 Å². The highest BCUT2D eigenvalue weighted by atomic mass is 35.5. The molecule has 2 aromatic carbocycles. The number of rotatable bonds is 5. The molecular weight excluding hydrogens is 440 g/mol. The van der Waals surface area contributed by atoms with Crippen LogP contribution in [0.1, 0.15) is 29.7 Å². The van der Waals surface area contributed by atoms with Crippen LogP contribution in [0.25, 0.3) is 0 Å². The predicted molar refractivity (Wildman–Crippen MR) is 114 cm³/mol. The van der Waals surface area contributed by atoms with Gasteiger partial charge in [0.2, 0.25) is 0 Å². The number of alkyl halides is 3. The van der Waals surface area contributed by atoms with Gasteiger partial charge >= 0.3 is 12.1 Å². The Morgan fingerprint density at radius 2 is 1.70 bits per heavy atom. The van der Waals surface area contributed by atoms with Gasteiger partial charge in [0.1, 0.15) is 0 Å². The smallest absolute Gasteiger partial charge is 0.416 e. The van der Waals surface area contributed by atoms with Gasteiger partial charge in [0.05, 0.1) is 18.2 Å². The lowest BCUT2D eigenvalue weighted by Gasteiger charge is -2.43. The molecule has 0 aliphatic carbocycles. The molecule has 9 heteroatoms. The molecule has 1 N–H and O–H groups in total. The third-order valence-corrected chi connectivity index (χ3v) is 5.15. The molecule has 166 valence electrons. The predicted octanol–water partition coefficient (Wildman–Crippen LogP) is 4.73. The van der Waals surface area contributed by atoms with Gasteiger partial charge in [-0.05, 0) is 30.2 Å². The van der Waals surface area contributed by atoms with Crippen molar-refractivity contribution in [2.75, 3.05) is 26.2 Å². The SMILES string of the molecule is CC1CN(C(c2ccccc2)c2cccc(C(F)(F)F)c2)CCN1CC(=O)O.Cl.Cl. The van der Waals surface area contributed by atoms with Crippen molar-refractivity contribution in [2.24, 2.45) is 0 Å². The maximum Gasteiger partial charge on any atom is 0.416 e. The molecule has 0 radical (unpaired) electrons. The van der Waals surface area contributed by atoms with Gasteiger partial charge in [0.15, 0.2) is 0 Å². The first-order valence-electron chi connectivity index (χ1n) is 9.17. The summed E-state index contributed by atoms with van der Waals surface area (Å²) in [6.07, 6.45) is -4.40. The van der Waals surface area contributed by atoms with E-state index in [1.54, 1.807) is 6.07 Å². The third-order valence-electron chi connectivity index (χ3n) is 5.15. The van der Waals surface area contributed by atoms with Crippen molar-refractivity contribution in [3.05, 3.63) is 71.3 Å². The normalized spacial score (nSPS) is 18.7. The molecule has 0 saturated carbocycles. The molecule has 0 aromatic heterocycles. The van der Waals surface area contributed by atoms with Crippen molar-refractivity contribution < 1.29 is 23.1 Å². The number of carboxylic acid groups (broad SMARTS) is 1. The molecular formula is C21H25Cl2F3N2O2. The van der Waals surface area contributed by atoms with E-state index in [9.17, 15) is 18.0 Å². The fraction of sp³-hybridized carbons (Fsp3) is 0.381. The first-order valence-corrected chi connectivity index (χ1v) is 9.17. The van der Waals surface area contributed by atoms with E-state index in [1.165, 1.54) is 12.1 Å². The van der Waals surface area contributed by atoms with Gasteiger partial charge in [-0.2, -0.15) is 13.2 Å². The highest BCUT2D eigenvalue weighted by Gasteiger charge is 2.34. The Bertz CT molecular complexity index is 821. The zero-order valence-corrected chi connectivity index (χ0v) is 18.0. The first-order chi connectivity index (χ1) is 13.3. The second kappa shape index (κ2) is 11.0. The van der Waals surface area contributed by atoms with E-state index in [4.69, 9.17) is 5.11 Å². The number of aliphatic carboxylic acids is 1. The van der Waals surface area contributed by atoms with Crippen LogP contribution in [-0.4, -0.2) is 53.1 Å². The molecule has 1 aliphatic heterocycles. The lowest BCUT2D eigenvalue weighted by molar-refractivity contribution is -0.139. The number of carbonyl (C=O) groups is 1. The molecule has 3 rings (SSSR count). The van der Waals surface area contributed by atoms with Crippen LogP contribution in [0.15, 0.2) is 54.6 Å². The van der Waals surface area contributed by atoms with Crippen molar-refractivity contribution in [1.82, 2.24) is 9.80 Å². The van der Waals surface area contributed by atoms with Gasteiger partial charge < -0.3 is 5.11 Å². The summed E-state index contributed by atoms with van der Waals surface area (Å²) in [5.74, 6) is -0.877. The highest BCUT2D eigenvalue weighted by Crippen LogP contribution is 2.35. The van der Waals surface area contributed by atoms with Crippen molar-refractivity contribution in [3.8, 4) is 0 Å². The van der Waals surface area contributed by atoms with Crippen molar-refractivity contribution >= 4 is 30.8 Å². The summed E-state index contributed by atoms with van der Waals surface area (Å²) < 4.78 is 39.7. The Balaban J connectivity index is 0.00000225. The standard InChI is InChI=1S/C21H23F3N2O2.2ClH/c1-15-13-26(11-10-25(15)14-19(27)28)20(16-6-3-2-4-7-16)17-8-5-9-18(12-17)21(22,23)24;;/h2-9,12,15,20H,10-11,13-14H2,1H3,(H,27,28);2*1H. The van der Waals surface area contributed by atoms with Crippen LogP contribution in [0.3, 0.4) is 0 Å². The molecule has 2 atom stereocenters. The van der Waals surface area contributed by atoms with Gasteiger partial charge in [-0.25, -0.2) is 0 Å². The molecule has 2 unspecified atom stereocenters. The average molecular weight is 465 g/mol. The molecule has 1 saturated heterocycles. The van der Waals surface area contributed by atoms with Crippen LogP contribution < -0.4 is 0 Å². The topological polar surface area (TPSA) is 43.8 Å². The van der Waals surface area contributed by atoms with Crippen LogP contribution >= 0.6 is 24.8 Å². The summed E-state index contributed by atoms with van der Waals surface area (Å²) in [5.41, 5.74) is 0.837. The second-order valence-corrected chi connectivity index (χ2v) is 7.14. The monoisotopic (exact) mass is 464 g/mol. The Labute approximate surface area is 186 Å². The van der Waals surface area contributed by atoms with Crippen LogP contribution in [0.4, 0.5) is 13.2 Å². The molecule has 2 aromatic rings. The summed E-state index contributed by atoms with van der Waals surface area (Å²) >= 11 is 0. The number of halogens is 5. The highest BCUT2D eigenvalue weighted by molar-refractivity contribution is 5.85. The van der Waals surface area contributed by atoms with Gasteiger partial charge in [0, 0.05) is 25.7 Å².